The van der Waals surface area contributed by atoms with E-state index in [1.165, 1.54) is 55.5 Å². The molecule has 0 bridgehead atoms. The van der Waals surface area contributed by atoms with E-state index in [1.807, 2.05) is 0 Å². The first-order valence-corrected chi connectivity index (χ1v) is 14.1. The lowest BCUT2D eigenvalue weighted by Gasteiger charge is -2.32. The van der Waals surface area contributed by atoms with Gasteiger partial charge in [-0.2, -0.15) is 13.2 Å². The van der Waals surface area contributed by atoms with Crippen LogP contribution in [0, 0.1) is 12.7 Å². The summed E-state index contributed by atoms with van der Waals surface area (Å²) in [6.45, 7) is 5.20. The molecule has 2 amide bonds. The average molecular weight is 594 g/mol. The summed E-state index contributed by atoms with van der Waals surface area (Å²) in [4.78, 5) is 27.4. The maximum Gasteiger partial charge on any atom is 0.416 e. The van der Waals surface area contributed by atoms with Gasteiger partial charge in [0.25, 0.3) is 10.0 Å². The summed E-state index contributed by atoms with van der Waals surface area (Å²) in [5, 5.41) is 2.67. The fourth-order valence-electron chi connectivity index (χ4n) is 4.00. The largest absolute Gasteiger partial charge is 0.416 e. The number of nitrogens with zero attached hydrogens (tertiary/aromatic N) is 2. The number of amides is 2. The quantitative estimate of drug-likeness (QED) is 0.324. The Hall–Kier alpha value is -3.93. The van der Waals surface area contributed by atoms with Gasteiger partial charge in [0.05, 0.1) is 16.1 Å². The third-order valence-electron chi connectivity index (χ3n) is 6.25. The lowest BCUT2D eigenvalue weighted by molar-refractivity contribution is -0.139. The Labute approximate surface area is 236 Å². The van der Waals surface area contributed by atoms with Gasteiger partial charge in [-0.05, 0) is 64.1 Å². The Bertz CT molecular complexity index is 1490. The van der Waals surface area contributed by atoms with Crippen molar-refractivity contribution in [1.82, 2.24) is 10.2 Å². The molecule has 0 heterocycles. The second-order valence-electron chi connectivity index (χ2n) is 9.83. The van der Waals surface area contributed by atoms with E-state index in [9.17, 15) is 35.6 Å². The van der Waals surface area contributed by atoms with Crippen molar-refractivity contribution in [2.75, 3.05) is 10.8 Å². The van der Waals surface area contributed by atoms with E-state index in [0.29, 0.717) is 10.4 Å². The van der Waals surface area contributed by atoms with E-state index in [4.69, 9.17) is 0 Å². The van der Waals surface area contributed by atoms with Gasteiger partial charge >= 0.3 is 6.18 Å². The van der Waals surface area contributed by atoms with Crippen LogP contribution in [0.5, 0.6) is 0 Å². The van der Waals surface area contributed by atoms with Crippen molar-refractivity contribution in [1.29, 1.82) is 0 Å². The molecule has 0 spiro atoms. The Morgan fingerprint density at radius 3 is 2.15 bits per heavy atom. The first-order valence-electron chi connectivity index (χ1n) is 12.7. The number of halogens is 4. The van der Waals surface area contributed by atoms with Crippen molar-refractivity contribution in [3.8, 4) is 0 Å². The number of sulfonamides is 1. The molecule has 0 fully saturated rings. The molecule has 0 aliphatic carbocycles. The fraction of sp³-hybridized carbons (Fsp3) is 0.310. The summed E-state index contributed by atoms with van der Waals surface area (Å²) in [5.74, 6) is -2.15. The van der Waals surface area contributed by atoms with Crippen LogP contribution in [-0.4, -0.2) is 43.8 Å². The number of carbonyl (C=O) groups is 2. The van der Waals surface area contributed by atoms with Crippen LogP contribution in [0.4, 0.5) is 23.2 Å². The SMILES string of the molecule is Cc1ccc(S(=O)(=O)N(CC(=O)N(Cc2ccccc2F)C(C)C(=O)NC(C)C)c2cccc(C(F)(F)F)c2)cc1. The van der Waals surface area contributed by atoms with E-state index in [2.05, 4.69) is 5.32 Å². The van der Waals surface area contributed by atoms with Crippen LogP contribution in [0.3, 0.4) is 0 Å². The molecule has 0 aliphatic heterocycles. The van der Waals surface area contributed by atoms with Gasteiger partial charge in [0.15, 0.2) is 0 Å². The topological polar surface area (TPSA) is 86.8 Å². The average Bonchev–Trinajstić information content (AvgIpc) is 2.90. The summed E-state index contributed by atoms with van der Waals surface area (Å²) in [6.07, 6.45) is -4.78. The molecular weight excluding hydrogens is 562 g/mol. The first kappa shape index (κ1) is 31.6. The van der Waals surface area contributed by atoms with Crippen molar-refractivity contribution in [3.63, 3.8) is 0 Å². The molecule has 0 saturated heterocycles. The Morgan fingerprint density at radius 2 is 1.56 bits per heavy atom. The molecule has 7 nitrogen and oxygen atoms in total. The Kier molecular flexibility index (Phi) is 9.80. The zero-order valence-electron chi connectivity index (χ0n) is 22.9. The smallest absolute Gasteiger partial charge is 0.352 e. The summed E-state index contributed by atoms with van der Waals surface area (Å²) in [6, 6.07) is 13.3. The number of aryl methyl sites for hydroxylation is 1. The minimum atomic E-state index is -4.78. The van der Waals surface area contributed by atoms with Crippen LogP contribution in [0.25, 0.3) is 0 Å². The maximum absolute atomic E-state index is 14.6. The molecule has 1 unspecified atom stereocenters. The number of rotatable bonds is 10. The highest BCUT2D eigenvalue weighted by molar-refractivity contribution is 7.92. The third kappa shape index (κ3) is 7.84. The predicted octanol–water partition coefficient (Wildman–Crippen LogP) is 5.29. The van der Waals surface area contributed by atoms with Crippen molar-refractivity contribution in [2.24, 2.45) is 0 Å². The molecule has 0 radical (unpaired) electrons. The van der Waals surface area contributed by atoms with Crippen molar-refractivity contribution >= 4 is 27.5 Å². The van der Waals surface area contributed by atoms with Gasteiger partial charge in [0.2, 0.25) is 11.8 Å². The number of hydrogen-bond acceptors (Lipinski definition) is 4. The molecule has 1 atom stereocenters. The number of carbonyl (C=O) groups excluding carboxylic acids is 2. The molecule has 0 aliphatic rings. The second-order valence-corrected chi connectivity index (χ2v) is 11.7. The highest BCUT2D eigenvalue weighted by atomic mass is 32.2. The minimum Gasteiger partial charge on any atom is -0.352 e. The predicted molar refractivity (Wildman–Crippen MR) is 147 cm³/mol. The zero-order valence-corrected chi connectivity index (χ0v) is 23.8. The van der Waals surface area contributed by atoms with Crippen LogP contribution >= 0.6 is 0 Å². The number of anilines is 1. The lowest BCUT2D eigenvalue weighted by atomic mass is 10.1. The van der Waals surface area contributed by atoms with Gasteiger partial charge in [-0.25, -0.2) is 12.8 Å². The molecule has 41 heavy (non-hydrogen) atoms. The molecule has 1 N–H and O–H groups in total. The molecule has 3 rings (SSSR count). The normalized spacial score (nSPS) is 12.6. The molecule has 3 aromatic rings. The molecule has 0 aromatic heterocycles. The van der Waals surface area contributed by atoms with Crippen molar-refractivity contribution in [2.45, 2.75) is 57.4 Å². The number of hydrogen-bond donors (Lipinski definition) is 1. The summed E-state index contributed by atoms with van der Waals surface area (Å²) < 4.78 is 83.3. The van der Waals surface area contributed by atoms with Crippen LogP contribution in [-0.2, 0) is 32.3 Å². The Morgan fingerprint density at radius 1 is 0.927 bits per heavy atom. The highest BCUT2D eigenvalue weighted by Crippen LogP contribution is 2.33. The fourth-order valence-corrected chi connectivity index (χ4v) is 5.41. The van der Waals surface area contributed by atoms with E-state index in [0.717, 1.165) is 28.7 Å². The number of nitrogens with one attached hydrogen (secondary N) is 1. The molecule has 3 aromatic carbocycles. The van der Waals surface area contributed by atoms with Crippen LogP contribution in [0.15, 0.2) is 77.7 Å². The number of alkyl halides is 3. The van der Waals surface area contributed by atoms with E-state index in [1.54, 1.807) is 20.8 Å². The summed E-state index contributed by atoms with van der Waals surface area (Å²) in [7, 11) is -4.56. The lowest BCUT2D eigenvalue weighted by Crippen LogP contribution is -2.52. The van der Waals surface area contributed by atoms with Crippen LogP contribution < -0.4 is 9.62 Å². The van der Waals surface area contributed by atoms with Gasteiger partial charge in [-0.1, -0.05) is 42.0 Å². The minimum absolute atomic E-state index is 0.0667. The molecule has 220 valence electrons. The van der Waals surface area contributed by atoms with Gasteiger partial charge in [-0.3, -0.25) is 13.9 Å². The van der Waals surface area contributed by atoms with Crippen molar-refractivity contribution < 1.29 is 35.6 Å². The maximum atomic E-state index is 14.6. The van der Waals surface area contributed by atoms with Gasteiger partial charge in [0.1, 0.15) is 18.4 Å². The van der Waals surface area contributed by atoms with Crippen LogP contribution in [0.2, 0.25) is 0 Å². The van der Waals surface area contributed by atoms with E-state index < -0.39 is 57.7 Å². The summed E-state index contributed by atoms with van der Waals surface area (Å²) >= 11 is 0. The zero-order chi connectivity index (χ0) is 30.5. The van der Waals surface area contributed by atoms with Gasteiger partial charge < -0.3 is 10.2 Å². The summed E-state index contributed by atoms with van der Waals surface area (Å²) in [5.41, 5.74) is -0.706. The third-order valence-corrected chi connectivity index (χ3v) is 8.03. The molecule has 0 saturated carbocycles. The van der Waals surface area contributed by atoms with Crippen molar-refractivity contribution in [3.05, 3.63) is 95.3 Å². The second kappa shape index (κ2) is 12.7. The number of benzene rings is 3. The monoisotopic (exact) mass is 593 g/mol. The van der Waals surface area contributed by atoms with Gasteiger partial charge in [-0.15, -0.1) is 0 Å². The molecular formula is C29H31F4N3O4S. The van der Waals surface area contributed by atoms with Gasteiger partial charge in [0, 0.05) is 18.2 Å². The standard InChI is InChI=1S/C29H31F4N3O4S/c1-19(2)34-28(38)21(4)35(17-22-8-5-6-11-26(22)30)27(37)18-36(24-10-7-9-23(16-24)29(31,32)33)41(39,40)25-14-12-20(3)13-15-25/h5-16,19,21H,17-18H2,1-4H3,(H,34,38). The molecule has 12 heteroatoms. The van der Waals surface area contributed by atoms with Crippen LogP contribution in [0.1, 0.15) is 37.5 Å². The Balaban J connectivity index is 2.11. The first-order chi connectivity index (χ1) is 19.1. The highest BCUT2D eigenvalue weighted by Gasteiger charge is 2.35. The van der Waals surface area contributed by atoms with E-state index in [-0.39, 0.29) is 23.0 Å². The van der Waals surface area contributed by atoms with E-state index >= 15 is 0 Å².